The Kier molecular flexibility index (Phi) is 1.77. The highest BCUT2D eigenvalue weighted by Gasteiger charge is 1.84. The molecule has 1 aromatic heterocycles. The van der Waals surface area contributed by atoms with E-state index in [1.54, 1.807) is 12.4 Å². The summed E-state index contributed by atoms with van der Waals surface area (Å²) in [4.78, 5) is 8.01. The lowest BCUT2D eigenvalue weighted by molar-refractivity contribution is 1.09. The maximum Gasteiger partial charge on any atom is 0.119 e. The standard InChI is InChI=1S/C5H5IN2/c1-4-2-8-5(6)3-7-4/h2-3H,1H3. The van der Waals surface area contributed by atoms with Crippen LogP contribution in [0.25, 0.3) is 0 Å². The number of rotatable bonds is 0. The minimum atomic E-state index is 0.938. The van der Waals surface area contributed by atoms with Crippen molar-refractivity contribution in [1.29, 1.82) is 0 Å². The summed E-state index contributed by atoms with van der Waals surface area (Å²) in [5, 5.41) is 0. The molecular weight excluding hydrogens is 215 g/mol. The Morgan fingerprint density at radius 3 is 2.50 bits per heavy atom. The molecule has 0 saturated carbocycles. The summed E-state index contributed by atoms with van der Waals surface area (Å²) in [6.45, 7) is 1.92. The molecule has 42 valence electrons. The number of hydrogen-bond acceptors (Lipinski definition) is 2. The molecule has 1 rings (SSSR count). The Balaban J connectivity index is 3.03. The van der Waals surface area contributed by atoms with Crippen LogP contribution in [0.15, 0.2) is 12.4 Å². The molecule has 0 aliphatic rings. The Morgan fingerprint density at radius 1 is 1.38 bits per heavy atom. The first-order chi connectivity index (χ1) is 3.79. The third-order valence-electron chi connectivity index (χ3n) is 0.749. The lowest BCUT2D eigenvalue weighted by Crippen LogP contribution is -1.83. The van der Waals surface area contributed by atoms with Crippen LogP contribution < -0.4 is 0 Å². The fourth-order valence-electron chi connectivity index (χ4n) is 0.377. The summed E-state index contributed by atoms with van der Waals surface area (Å²) in [5.74, 6) is 0. The normalized spacial score (nSPS) is 9.25. The minimum Gasteiger partial charge on any atom is -0.257 e. The smallest absolute Gasteiger partial charge is 0.119 e. The average Bonchev–Trinajstić information content (AvgIpc) is 1.77. The number of aromatic nitrogens is 2. The van der Waals surface area contributed by atoms with Gasteiger partial charge in [-0.3, -0.25) is 4.98 Å². The van der Waals surface area contributed by atoms with Crippen molar-refractivity contribution in [3.05, 3.63) is 21.8 Å². The van der Waals surface area contributed by atoms with Gasteiger partial charge in [0.05, 0.1) is 11.9 Å². The predicted octanol–water partition coefficient (Wildman–Crippen LogP) is 1.39. The Labute approximate surface area is 61.5 Å². The van der Waals surface area contributed by atoms with Crippen molar-refractivity contribution in [1.82, 2.24) is 9.97 Å². The van der Waals surface area contributed by atoms with Crippen LogP contribution in [0.4, 0.5) is 0 Å². The van der Waals surface area contributed by atoms with Crippen LogP contribution in [0.5, 0.6) is 0 Å². The zero-order valence-electron chi connectivity index (χ0n) is 4.43. The SMILES string of the molecule is Cc1cnc(I)cn1. The Morgan fingerprint density at radius 2 is 2.12 bits per heavy atom. The molecule has 8 heavy (non-hydrogen) atoms. The second-order valence-corrected chi connectivity index (χ2v) is 2.59. The summed E-state index contributed by atoms with van der Waals surface area (Å²) in [7, 11) is 0. The second kappa shape index (κ2) is 2.39. The van der Waals surface area contributed by atoms with Crippen LogP contribution in [0, 0.1) is 10.6 Å². The van der Waals surface area contributed by atoms with Crippen molar-refractivity contribution in [2.75, 3.05) is 0 Å². The van der Waals surface area contributed by atoms with E-state index < -0.39 is 0 Å². The molecule has 1 heterocycles. The van der Waals surface area contributed by atoms with E-state index in [1.165, 1.54) is 0 Å². The van der Waals surface area contributed by atoms with E-state index in [4.69, 9.17) is 0 Å². The molecule has 0 spiro atoms. The minimum absolute atomic E-state index is 0.938. The fraction of sp³-hybridized carbons (Fsp3) is 0.200. The van der Waals surface area contributed by atoms with Gasteiger partial charge in [-0.2, -0.15) is 0 Å². The van der Waals surface area contributed by atoms with Gasteiger partial charge in [0.25, 0.3) is 0 Å². The maximum absolute atomic E-state index is 4.01. The van der Waals surface area contributed by atoms with E-state index in [9.17, 15) is 0 Å². The van der Waals surface area contributed by atoms with E-state index in [0.29, 0.717) is 0 Å². The van der Waals surface area contributed by atoms with Crippen molar-refractivity contribution >= 4 is 22.6 Å². The third kappa shape index (κ3) is 1.40. The van der Waals surface area contributed by atoms with Crippen LogP contribution in [-0.4, -0.2) is 9.97 Å². The van der Waals surface area contributed by atoms with Crippen molar-refractivity contribution in [3.63, 3.8) is 0 Å². The summed E-state index contributed by atoms with van der Waals surface area (Å²) in [5.41, 5.74) is 0.963. The predicted molar refractivity (Wildman–Crippen MR) is 39.5 cm³/mol. The van der Waals surface area contributed by atoms with Crippen molar-refractivity contribution < 1.29 is 0 Å². The second-order valence-electron chi connectivity index (χ2n) is 1.48. The lowest BCUT2D eigenvalue weighted by atomic mass is 10.5. The van der Waals surface area contributed by atoms with Gasteiger partial charge in [0.15, 0.2) is 0 Å². The van der Waals surface area contributed by atoms with Gasteiger partial charge in [-0.15, -0.1) is 0 Å². The molecule has 0 aliphatic carbocycles. The van der Waals surface area contributed by atoms with Crippen LogP contribution in [-0.2, 0) is 0 Å². The molecule has 0 aliphatic heterocycles. The van der Waals surface area contributed by atoms with Gasteiger partial charge in [-0.1, -0.05) is 0 Å². The monoisotopic (exact) mass is 220 g/mol. The van der Waals surface area contributed by atoms with Crippen molar-refractivity contribution in [2.45, 2.75) is 6.92 Å². The summed E-state index contributed by atoms with van der Waals surface area (Å²) < 4.78 is 0.938. The topological polar surface area (TPSA) is 25.8 Å². The van der Waals surface area contributed by atoms with Gasteiger partial charge >= 0.3 is 0 Å². The molecule has 0 unspecified atom stereocenters. The highest BCUT2D eigenvalue weighted by Crippen LogP contribution is 1.95. The largest absolute Gasteiger partial charge is 0.257 e. The van der Waals surface area contributed by atoms with E-state index in [2.05, 4.69) is 32.6 Å². The summed E-state index contributed by atoms with van der Waals surface area (Å²) in [6.07, 6.45) is 3.50. The van der Waals surface area contributed by atoms with Gasteiger partial charge in [-0.05, 0) is 29.5 Å². The van der Waals surface area contributed by atoms with E-state index in [0.717, 1.165) is 9.39 Å². The lowest BCUT2D eigenvalue weighted by Gasteiger charge is -1.87. The summed E-state index contributed by atoms with van der Waals surface area (Å²) in [6, 6.07) is 0. The first kappa shape index (κ1) is 5.94. The van der Waals surface area contributed by atoms with E-state index >= 15 is 0 Å². The van der Waals surface area contributed by atoms with E-state index in [1.807, 2.05) is 6.92 Å². The number of aryl methyl sites for hydroxylation is 1. The molecule has 0 saturated heterocycles. The molecule has 0 fully saturated rings. The Bertz CT molecular complexity index is 149. The average molecular weight is 220 g/mol. The molecule has 3 heteroatoms. The molecule has 0 N–H and O–H groups in total. The van der Waals surface area contributed by atoms with Crippen LogP contribution in [0.3, 0.4) is 0 Å². The third-order valence-corrected chi connectivity index (χ3v) is 1.31. The first-order valence-corrected chi connectivity index (χ1v) is 3.31. The first-order valence-electron chi connectivity index (χ1n) is 2.23. The zero-order valence-corrected chi connectivity index (χ0v) is 6.58. The molecular formula is C5H5IN2. The number of hydrogen-bond donors (Lipinski definition) is 0. The maximum atomic E-state index is 4.01. The molecule has 1 aromatic rings. The molecule has 0 radical (unpaired) electrons. The van der Waals surface area contributed by atoms with Crippen LogP contribution >= 0.6 is 22.6 Å². The molecule has 0 bridgehead atoms. The summed E-state index contributed by atoms with van der Waals surface area (Å²) >= 11 is 2.12. The number of halogens is 1. The van der Waals surface area contributed by atoms with Gasteiger partial charge in [-0.25, -0.2) is 4.98 Å². The Hall–Kier alpha value is -0.190. The van der Waals surface area contributed by atoms with Crippen molar-refractivity contribution in [2.24, 2.45) is 0 Å². The molecule has 0 amide bonds. The molecule has 2 nitrogen and oxygen atoms in total. The fourth-order valence-corrected chi connectivity index (χ4v) is 0.655. The van der Waals surface area contributed by atoms with Crippen LogP contribution in [0.2, 0.25) is 0 Å². The van der Waals surface area contributed by atoms with Gasteiger partial charge in [0.2, 0.25) is 0 Å². The van der Waals surface area contributed by atoms with E-state index in [-0.39, 0.29) is 0 Å². The van der Waals surface area contributed by atoms with Gasteiger partial charge in [0, 0.05) is 6.20 Å². The zero-order chi connectivity index (χ0) is 5.98. The highest BCUT2D eigenvalue weighted by molar-refractivity contribution is 14.1. The molecule has 0 aromatic carbocycles. The van der Waals surface area contributed by atoms with Crippen LogP contribution in [0.1, 0.15) is 5.69 Å². The van der Waals surface area contributed by atoms with Gasteiger partial charge < -0.3 is 0 Å². The molecule has 0 atom stereocenters. The highest BCUT2D eigenvalue weighted by atomic mass is 127. The number of nitrogens with zero attached hydrogens (tertiary/aromatic N) is 2. The van der Waals surface area contributed by atoms with Crippen molar-refractivity contribution in [3.8, 4) is 0 Å². The van der Waals surface area contributed by atoms with Gasteiger partial charge in [0.1, 0.15) is 3.70 Å². The quantitative estimate of drug-likeness (QED) is 0.617.